The van der Waals surface area contributed by atoms with Crippen LogP contribution in [0.3, 0.4) is 0 Å². The van der Waals surface area contributed by atoms with Gasteiger partial charge in [0, 0.05) is 5.56 Å². The summed E-state index contributed by atoms with van der Waals surface area (Å²) in [4.78, 5) is 12.1. The molecule has 3 rings (SSSR count). The Morgan fingerprint density at radius 1 is 1.00 bits per heavy atom. The molecule has 0 aliphatic carbocycles. The van der Waals surface area contributed by atoms with Crippen LogP contribution in [0, 0.1) is 13.8 Å². The highest BCUT2D eigenvalue weighted by molar-refractivity contribution is 7.93. The van der Waals surface area contributed by atoms with E-state index in [4.69, 9.17) is 0 Å². The van der Waals surface area contributed by atoms with Gasteiger partial charge in [0.1, 0.15) is 0 Å². The van der Waals surface area contributed by atoms with Crippen molar-refractivity contribution in [2.45, 2.75) is 24.3 Å². The minimum Gasteiger partial charge on any atom is -0.464 e. The number of anilines is 1. The third-order valence-corrected chi connectivity index (χ3v) is 7.28. The minimum absolute atomic E-state index is 0.0621. The molecule has 1 heterocycles. The number of carbonyl (C=O) groups excluding carboxylic acids is 1. The molecule has 0 fully saturated rings. The maximum Gasteiger partial charge on any atom is 0.534 e. The van der Waals surface area contributed by atoms with E-state index in [-0.39, 0.29) is 5.69 Å². The van der Waals surface area contributed by atoms with E-state index in [0.717, 1.165) is 19.2 Å². The summed E-state index contributed by atoms with van der Waals surface area (Å²) in [6, 6.07) is 9.26. The van der Waals surface area contributed by atoms with Crippen LogP contribution in [-0.2, 0) is 33.9 Å². The number of esters is 1. The smallest absolute Gasteiger partial charge is 0.464 e. The number of aryl methyl sites for hydroxylation is 2. The Labute approximate surface area is 182 Å². The summed E-state index contributed by atoms with van der Waals surface area (Å²) < 4.78 is 99.3. The molecular weight excluding hydrogens is 475 g/mol. The molecule has 2 aromatic carbocycles. The van der Waals surface area contributed by atoms with Gasteiger partial charge >= 0.3 is 21.6 Å². The molecule has 0 N–H and O–H groups in total. The standard InChI is InChI=1S/C19H16F3NO7S2/c1-11-7-6-8-12(2)15(11)23-16(18(24)29-3)17(30-32(27,28)19(20,21)22)13-9-4-5-10-14(13)31(23,25)26/h4-10H,1-3H3. The Morgan fingerprint density at radius 3 is 2.09 bits per heavy atom. The van der Waals surface area contributed by atoms with Gasteiger partial charge in [0.2, 0.25) is 0 Å². The van der Waals surface area contributed by atoms with Crippen molar-refractivity contribution in [1.29, 1.82) is 0 Å². The van der Waals surface area contributed by atoms with Crippen molar-refractivity contribution in [3.63, 3.8) is 0 Å². The van der Waals surface area contributed by atoms with Crippen LogP contribution in [0.15, 0.2) is 53.1 Å². The number of sulfonamides is 1. The fraction of sp³-hybridized carbons (Fsp3) is 0.211. The summed E-state index contributed by atoms with van der Waals surface area (Å²) in [7, 11) is -9.99. The Balaban J connectivity index is 2.51. The summed E-state index contributed by atoms with van der Waals surface area (Å²) in [5.41, 5.74) is -6.79. The predicted molar refractivity (Wildman–Crippen MR) is 107 cm³/mol. The monoisotopic (exact) mass is 491 g/mol. The van der Waals surface area contributed by atoms with Crippen molar-refractivity contribution < 1.29 is 43.7 Å². The molecule has 0 atom stereocenters. The van der Waals surface area contributed by atoms with Crippen molar-refractivity contribution in [3.05, 3.63) is 64.9 Å². The van der Waals surface area contributed by atoms with Gasteiger partial charge in [-0.25, -0.2) is 17.5 Å². The lowest BCUT2D eigenvalue weighted by molar-refractivity contribution is -0.136. The number of alkyl halides is 3. The summed E-state index contributed by atoms with van der Waals surface area (Å²) >= 11 is 0. The normalized spacial score (nSPS) is 15.9. The van der Waals surface area contributed by atoms with E-state index in [1.54, 1.807) is 6.07 Å². The number of benzene rings is 2. The van der Waals surface area contributed by atoms with Crippen molar-refractivity contribution in [2.24, 2.45) is 0 Å². The highest BCUT2D eigenvalue weighted by atomic mass is 32.2. The average Bonchev–Trinajstić information content (AvgIpc) is 2.69. The molecule has 0 radical (unpaired) electrons. The molecule has 0 saturated carbocycles. The van der Waals surface area contributed by atoms with Crippen LogP contribution in [0.5, 0.6) is 0 Å². The van der Waals surface area contributed by atoms with Gasteiger partial charge in [-0.05, 0) is 37.1 Å². The summed E-state index contributed by atoms with van der Waals surface area (Å²) in [6.07, 6.45) is 0. The molecule has 13 heteroatoms. The van der Waals surface area contributed by atoms with Crippen molar-refractivity contribution in [2.75, 3.05) is 11.4 Å². The first-order valence-corrected chi connectivity index (χ1v) is 11.6. The van der Waals surface area contributed by atoms with E-state index in [9.17, 15) is 34.8 Å². The van der Waals surface area contributed by atoms with Crippen LogP contribution in [0.1, 0.15) is 16.7 Å². The molecule has 0 saturated heterocycles. The number of fused-ring (bicyclic) bond motifs is 1. The second kappa shape index (κ2) is 7.81. The van der Waals surface area contributed by atoms with Crippen LogP contribution in [-0.4, -0.2) is 35.4 Å². The molecule has 172 valence electrons. The average molecular weight is 491 g/mol. The first-order chi connectivity index (χ1) is 14.7. The minimum atomic E-state index is -6.26. The number of halogens is 3. The fourth-order valence-corrected chi connectivity index (χ4v) is 5.48. The van der Waals surface area contributed by atoms with Gasteiger partial charge in [0.15, 0.2) is 11.5 Å². The van der Waals surface area contributed by atoms with Crippen LogP contribution in [0.4, 0.5) is 18.9 Å². The second-order valence-corrected chi connectivity index (χ2v) is 9.95. The first-order valence-electron chi connectivity index (χ1n) is 8.78. The maximum atomic E-state index is 13.5. The maximum absolute atomic E-state index is 13.5. The molecule has 1 aliphatic rings. The van der Waals surface area contributed by atoms with E-state index >= 15 is 0 Å². The molecule has 1 aliphatic heterocycles. The lowest BCUT2D eigenvalue weighted by atomic mass is 10.1. The van der Waals surface area contributed by atoms with Gasteiger partial charge in [0.05, 0.1) is 17.7 Å². The van der Waals surface area contributed by atoms with Crippen LogP contribution < -0.4 is 4.31 Å². The number of methoxy groups -OCH3 is 1. The number of carbonyl (C=O) groups is 1. The number of rotatable bonds is 4. The third-order valence-electron chi connectivity index (χ3n) is 4.57. The van der Waals surface area contributed by atoms with Crippen LogP contribution in [0.25, 0.3) is 5.76 Å². The second-order valence-electron chi connectivity index (χ2n) is 6.66. The third kappa shape index (κ3) is 3.71. The van der Waals surface area contributed by atoms with E-state index in [1.807, 2.05) is 0 Å². The SMILES string of the molecule is COC(=O)C1=C(OS(=O)(=O)C(F)(F)F)c2ccccc2S(=O)(=O)N1c1c(C)cccc1C. The summed E-state index contributed by atoms with van der Waals surface area (Å²) in [6.45, 7) is 3.03. The Morgan fingerprint density at radius 2 is 1.56 bits per heavy atom. The number of hydrogen-bond donors (Lipinski definition) is 0. The topological polar surface area (TPSA) is 107 Å². The van der Waals surface area contributed by atoms with Crippen LogP contribution >= 0.6 is 0 Å². The van der Waals surface area contributed by atoms with E-state index in [1.165, 1.54) is 38.1 Å². The largest absolute Gasteiger partial charge is 0.534 e. The van der Waals surface area contributed by atoms with Crippen LogP contribution in [0.2, 0.25) is 0 Å². The lowest BCUT2D eigenvalue weighted by Gasteiger charge is -2.33. The van der Waals surface area contributed by atoms with Gasteiger partial charge < -0.3 is 8.92 Å². The Bertz CT molecular complexity index is 1330. The molecule has 8 nitrogen and oxygen atoms in total. The van der Waals surface area contributed by atoms with Crippen molar-refractivity contribution in [1.82, 2.24) is 0 Å². The molecule has 0 spiro atoms. The summed E-state index contributed by atoms with van der Waals surface area (Å²) in [5.74, 6) is -2.54. The zero-order chi connectivity index (χ0) is 24.1. The van der Waals surface area contributed by atoms with Gasteiger partial charge in [-0.15, -0.1) is 0 Å². The van der Waals surface area contributed by atoms with Crippen molar-refractivity contribution >= 4 is 37.6 Å². The lowest BCUT2D eigenvalue weighted by Crippen LogP contribution is -2.40. The number of nitrogens with zero attached hydrogens (tertiary/aromatic N) is 1. The van der Waals surface area contributed by atoms with Gasteiger partial charge in [0.25, 0.3) is 10.0 Å². The molecule has 0 amide bonds. The zero-order valence-corrected chi connectivity index (χ0v) is 18.4. The number of para-hydroxylation sites is 1. The van der Waals surface area contributed by atoms with E-state index in [0.29, 0.717) is 15.4 Å². The van der Waals surface area contributed by atoms with Crippen molar-refractivity contribution in [3.8, 4) is 0 Å². The number of hydrogen-bond acceptors (Lipinski definition) is 7. The highest BCUT2D eigenvalue weighted by Gasteiger charge is 2.52. The van der Waals surface area contributed by atoms with Gasteiger partial charge in [-0.3, -0.25) is 0 Å². The Hall–Kier alpha value is -3.06. The highest BCUT2D eigenvalue weighted by Crippen LogP contribution is 2.44. The molecule has 2 aromatic rings. The molecular formula is C19H16F3NO7S2. The number of ether oxygens (including phenoxy) is 1. The fourth-order valence-electron chi connectivity index (χ4n) is 3.19. The zero-order valence-electron chi connectivity index (χ0n) is 16.8. The molecule has 0 unspecified atom stereocenters. The molecule has 0 aromatic heterocycles. The molecule has 0 bridgehead atoms. The van der Waals surface area contributed by atoms with Gasteiger partial charge in [-0.1, -0.05) is 30.3 Å². The molecule has 32 heavy (non-hydrogen) atoms. The van der Waals surface area contributed by atoms with E-state index < -0.39 is 53.5 Å². The van der Waals surface area contributed by atoms with Gasteiger partial charge in [-0.2, -0.15) is 21.6 Å². The predicted octanol–water partition coefficient (Wildman–Crippen LogP) is 3.22. The van der Waals surface area contributed by atoms with E-state index in [2.05, 4.69) is 8.92 Å². The quantitative estimate of drug-likeness (QED) is 0.367. The Kier molecular flexibility index (Phi) is 5.76. The first kappa shape index (κ1) is 23.6. The summed E-state index contributed by atoms with van der Waals surface area (Å²) in [5, 5.41) is 0.